The zero-order chi connectivity index (χ0) is 35.8. The third-order valence-corrected chi connectivity index (χ3v) is 11.6. The van der Waals surface area contributed by atoms with Crippen molar-refractivity contribution in [3.05, 3.63) is 0 Å². The molecule has 2 unspecified atom stereocenters. The van der Waals surface area contributed by atoms with Crippen LogP contribution in [0.5, 0.6) is 0 Å². The molecule has 0 aromatic rings. The van der Waals surface area contributed by atoms with Crippen molar-refractivity contribution in [3.8, 4) is 0 Å². The highest BCUT2D eigenvalue weighted by Crippen LogP contribution is 2.33. The lowest BCUT2D eigenvalue weighted by Gasteiger charge is -2.39. The molecule has 2 atom stereocenters. The molecular weight excluding hydrogens is 637 g/mol. The van der Waals surface area contributed by atoms with Crippen LogP contribution in [0, 0.1) is 5.92 Å². The van der Waals surface area contributed by atoms with Gasteiger partial charge in [0, 0.05) is 5.92 Å². The van der Waals surface area contributed by atoms with Crippen molar-refractivity contribution in [2.45, 2.75) is 258 Å². The van der Waals surface area contributed by atoms with Crippen LogP contribution < -0.4 is 0 Å². The number of hydrogen-bond donors (Lipinski definition) is 1. The molecular formula is C44H92O3SSi. The lowest BCUT2D eigenvalue weighted by Crippen LogP contribution is -2.47. The first-order chi connectivity index (χ1) is 24.2. The predicted octanol–water partition coefficient (Wildman–Crippen LogP) is 14.6. The summed E-state index contributed by atoms with van der Waals surface area (Å²) < 4.78 is 19.7. The maximum atomic E-state index is 6.69. The third kappa shape index (κ3) is 32.8. The van der Waals surface area contributed by atoms with Crippen molar-refractivity contribution in [3.63, 3.8) is 0 Å². The fourth-order valence-electron chi connectivity index (χ4n) is 7.41. The van der Waals surface area contributed by atoms with E-state index in [0.717, 1.165) is 44.6 Å². The second kappa shape index (κ2) is 41.2. The van der Waals surface area contributed by atoms with Gasteiger partial charge in [-0.25, -0.2) is 0 Å². The molecule has 0 radical (unpaired) electrons. The summed E-state index contributed by atoms with van der Waals surface area (Å²) in [5.41, 5.74) is 0. The summed E-state index contributed by atoms with van der Waals surface area (Å²) in [5, 5.41) is 0. The van der Waals surface area contributed by atoms with E-state index in [1.165, 1.54) is 205 Å². The van der Waals surface area contributed by atoms with Crippen molar-refractivity contribution in [1.29, 1.82) is 0 Å². The Hall–Kier alpha value is 0.447. The van der Waals surface area contributed by atoms with E-state index in [9.17, 15) is 0 Å². The van der Waals surface area contributed by atoms with Crippen molar-refractivity contribution in [1.82, 2.24) is 0 Å². The zero-order valence-electron chi connectivity index (χ0n) is 34.3. The van der Waals surface area contributed by atoms with E-state index in [4.69, 9.17) is 13.9 Å². The lowest BCUT2D eigenvalue weighted by molar-refractivity contribution is -0.372. The summed E-state index contributed by atoms with van der Waals surface area (Å²) in [4.78, 5) is 0. The highest BCUT2D eigenvalue weighted by atomic mass is 32.1. The van der Waals surface area contributed by atoms with Crippen LogP contribution >= 0.6 is 12.6 Å². The first-order valence-electron chi connectivity index (χ1n) is 22.6. The predicted molar refractivity (Wildman–Crippen MR) is 226 cm³/mol. The smallest absolute Gasteiger partial charge is 0.275 e. The summed E-state index contributed by atoms with van der Waals surface area (Å²) in [5.74, 6) is 0.272. The minimum atomic E-state index is -0.857. The Morgan fingerprint density at radius 1 is 0.388 bits per heavy atom. The molecule has 0 aliphatic rings. The lowest BCUT2D eigenvalue weighted by atomic mass is 9.95. The molecule has 0 spiro atoms. The molecule has 0 aliphatic carbocycles. The van der Waals surface area contributed by atoms with Crippen LogP contribution in [0.2, 0.25) is 0 Å². The van der Waals surface area contributed by atoms with Gasteiger partial charge in [-0.05, 0) is 31.4 Å². The third-order valence-electron chi connectivity index (χ3n) is 10.8. The standard InChI is InChI=1S/C44H92O3SSi/c1-4-7-10-13-16-19-22-24-26-29-32-35-38-43(39-42-48)44(47-49,45-40-36-33-30-27-21-18-15-12-9-6-3)46-41-37-34-31-28-25-23-20-17-14-11-8-5-2/h43,48H,4-42H2,1-3,49H3. The van der Waals surface area contributed by atoms with E-state index >= 15 is 0 Å². The quantitative estimate of drug-likeness (QED) is 0.0293. The van der Waals surface area contributed by atoms with Gasteiger partial charge in [0.1, 0.15) is 0 Å². The molecule has 0 amide bonds. The molecule has 0 saturated carbocycles. The molecule has 296 valence electrons. The van der Waals surface area contributed by atoms with Gasteiger partial charge in [-0.1, -0.05) is 226 Å². The molecule has 0 rings (SSSR count). The van der Waals surface area contributed by atoms with Gasteiger partial charge in [0.05, 0.1) is 13.2 Å². The zero-order valence-corrected chi connectivity index (χ0v) is 37.2. The summed E-state index contributed by atoms with van der Waals surface area (Å²) >= 11 is 4.69. The SMILES string of the molecule is CCCCCCCCCCCCCCOC(O[SiH3])(OCCCCCCCCCCCC)C(CCS)CCCCCCCCCCCCCC. The number of unbranched alkanes of at least 4 members (excludes halogenated alkanes) is 31. The summed E-state index contributed by atoms with van der Waals surface area (Å²) in [6.45, 7) is 8.40. The van der Waals surface area contributed by atoms with E-state index < -0.39 is 5.97 Å². The molecule has 49 heavy (non-hydrogen) atoms. The van der Waals surface area contributed by atoms with Crippen LogP contribution in [0.3, 0.4) is 0 Å². The van der Waals surface area contributed by atoms with Gasteiger partial charge in [-0.3, -0.25) is 0 Å². The van der Waals surface area contributed by atoms with Crippen molar-refractivity contribution < 1.29 is 13.9 Å². The van der Waals surface area contributed by atoms with Gasteiger partial charge in [-0.2, -0.15) is 12.6 Å². The fourth-order valence-corrected chi connectivity index (χ4v) is 8.29. The van der Waals surface area contributed by atoms with Gasteiger partial charge < -0.3 is 13.9 Å². The van der Waals surface area contributed by atoms with Gasteiger partial charge in [0.2, 0.25) is 0 Å². The number of thiol groups is 1. The summed E-state index contributed by atoms with van der Waals surface area (Å²) in [7, 11) is 0.630. The average molecular weight is 729 g/mol. The Morgan fingerprint density at radius 3 is 0.918 bits per heavy atom. The van der Waals surface area contributed by atoms with Crippen LogP contribution in [0.25, 0.3) is 0 Å². The first-order valence-corrected chi connectivity index (χ1v) is 24.1. The maximum Gasteiger partial charge on any atom is 0.275 e. The Kier molecular flexibility index (Phi) is 41.6. The van der Waals surface area contributed by atoms with Crippen molar-refractivity contribution in [2.24, 2.45) is 5.92 Å². The minimum Gasteiger partial charge on any atom is -0.380 e. The minimum absolute atomic E-state index is 0.270. The van der Waals surface area contributed by atoms with E-state index in [-0.39, 0.29) is 5.92 Å². The molecule has 0 aromatic carbocycles. The summed E-state index contributed by atoms with van der Waals surface area (Å²) in [6, 6.07) is 0. The van der Waals surface area contributed by atoms with E-state index in [1.807, 2.05) is 0 Å². The Morgan fingerprint density at radius 2 is 0.653 bits per heavy atom. The fraction of sp³-hybridized carbons (Fsp3) is 1.00. The average Bonchev–Trinajstić information content (AvgIpc) is 3.11. The number of ether oxygens (including phenoxy) is 2. The molecule has 0 saturated heterocycles. The Labute approximate surface area is 318 Å². The normalized spacial score (nSPS) is 13.7. The van der Waals surface area contributed by atoms with E-state index in [0.29, 0.717) is 10.5 Å². The Balaban J connectivity index is 4.62. The molecule has 0 N–H and O–H groups in total. The molecule has 0 fully saturated rings. The highest BCUT2D eigenvalue weighted by molar-refractivity contribution is 7.80. The first kappa shape index (κ1) is 49.4. The monoisotopic (exact) mass is 729 g/mol. The molecule has 5 heteroatoms. The molecule has 0 aliphatic heterocycles. The Bertz CT molecular complexity index is 609. The van der Waals surface area contributed by atoms with Gasteiger partial charge in [-0.15, -0.1) is 0 Å². The second-order valence-corrected chi connectivity index (χ2v) is 16.3. The van der Waals surface area contributed by atoms with Gasteiger partial charge in [0.15, 0.2) is 10.5 Å². The van der Waals surface area contributed by atoms with Crippen molar-refractivity contribution in [2.75, 3.05) is 19.0 Å². The number of rotatable bonds is 43. The van der Waals surface area contributed by atoms with E-state index in [2.05, 4.69) is 33.4 Å². The van der Waals surface area contributed by atoms with Crippen LogP contribution in [0.4, 0.5) is 0 Å². The second-order valence-electron chi connectivity index (χ2n) is 15.5. The van der Waals surface area contributed by atoms with Crippen LogP contribution in [0.1, 0.15) is 252 Å². The van der Waals surface area contributed by atoms with Crippen LogP contribution in [-0.2, 0) is 13.9 Å². The van der Waals surface area contributed by atoms with Gasteiger partial charge in [0.25, 0.3) is 5.97 Å². The van der Waals surface area contributed by atoms with Gasteiger partial charge >= 0.3 is 0 Å². The topological polar surface area (TPSA) is 27.7 Å². The number of hydrogen-bond acceptors (Lipinski definition) is 4. The molecule has 3 nitrogen and oxygen atoms in total. The molecule has 0 heterocycles. The van der Waals surface area contributed by atoms with Crippen molar-refractivity contribution >= 4 is 23.1 Å². The maximum absolute atomic E-state index is 6.69. The summed E-state index contributed by atoms with van der Waals surface area (Å²) in [6.07, 6.45) is 48.5. The van der Waals surface area contributed by atoms with Crippen LogP contribution in [0.15, 0.2) is 0 Å². The van der Waals surface area contributed by atoms with Crippen LogP contribution in [-0.4, -0.2) is 35.4 Å². The highest BCUT2D eigenvalue weighted by Gasteiger charge is 2.40. The largest absolute Gasteiger partial charge is 0.380 e. The molecule has 0 bridgehead atoms. The molecule has 0 aromatic heterocycles. The van der Waals surface area contributed by atoms with E-state index in [1.54, 1.807) is 0 Å².